The monoisotopic (exact) mass is 380 g/mol. The summed E-state index contributed by atoms with van der Waals surface area (Å²) < 4.78 is 11.2. The van der Waals surface area contributed by atoms with Crippen LogP contribution in [0, 0.1) is 0 Å². The number of furan rings is 1. The minimum absolute atomic E-state index is 0.316. The van der Waals surface area contributed by atoms with Gasteiger partial charge in [-0.25, -0.2) is 4.79 Å². The lowest BCUT2D eigenvalue weighted by atomic mass is 9.98. The van der Waals surface area contributed by atoms with Gasteiger partial charge >= 0.3 is 5.63 Å². The summed E-state index contributed by atoms with van der Waals surface area (Å²) >= 11 is 0. The van der Waals surface area contributed by atoms with Crippen molar-refractivity contribution in [3.63, 3.8) is 0 Å². The Bertz CT molecular complexity index is 1360. The molecule has 5 rings (SSSR count). The fourth-order valence-electron chi connectivity index (χ4n) is 3.92. The van der Waals surface area contributed by atoms with Gasteiger partial charge in [-0.3, -0.25) is 0 Å². The van der Waals surface area contributed by atoms with Gasteiger partial charge in [-0.15, -0.1) is 0 Å². The maximum Gasteiger partial charge on any atom is 0.336 e. The van der Waals surface area contributed by atoms with E-state index in [0.29, 0.717) is 5.58 Å². The number of aryl methyl sites for hydroxylation is 1. The predicted molar refractivity (Wildman–Crippen MR) is 117 cm³/mol. The maximum atomic E-state index is 11.9. The Kier molecular flexibility index (Phi) is 4.28. The van der Waals surface area contributed by atoms with Gasteiger partial charge in [0, 0.05) is 28.5 Å². The van der Waals surface area contributed by atoms with Crippen LogP contribution in [0.3, 0.4) is 0 Å². The van der Waals surface area contributed by atoms with E-state index in [1.807, 2.05) is 24.3 Å². The van der Waals surface area contributed by atoms with Gasteiger partial charge in [0.05, 0.1) is 6.26 Å². The highest BCUT2D eigenvalue weighted by Crippen LogP contribution is 2.35. The van der Waals surface area contributed by atoms with Crippen LogP contribution < -0.4 is 5.63 Å². The minimum Gasteiger partial charge on any atom is -0.464 e. The molecule has 0 N–H and O–H groups in total. The molecule has 0 atom stereocenters. The molecule has 0 fully saturated rings. The smallest absolute Gasteiger partial charge is 0.336 e. The van der Waals surface area contributed by atoms with Gasteiger partial charge in [-0.1, -0.05) is 67.9 Å². The molecule has 0 saturated carbocycles. The molecule has 3 aromatic carbocycles. The van der Waals surface area contributed by atoms with Gasteiger partial charge < -0.3 is 8.83 Å². The van der Waals surface area contributed by atoms with Gasteiger partial charge in [-0.2, -0.15) is 0 Å². The van der Waals surface area contributed by atoms with Crippen molar-refractivity contribution in [2.45, 2.75) is 19.8 Å². The molecule has 0 amide bonds. The second-order valence-corrected chi connectivity index (χ2v) is 7.28. The molecule has 0 spiro atoms. The Balaban J connectivity index is 1.64. The first-order valence-corrected chi connectivity index (χ1v) is 9.87. The van der Waals surface area contributed by atoms with E-state index in [2.05, 4.69) is 49.4 Å². The molecule has 29 heavy (non-hydrogen) atoms. The van der Waals surface area contributed by atoms with E-state index in [4.69, 9.17) is 8.83 Å². The third-order valence-corrected chi connectivity index (χ3v) is 5.35. The quantitative estimate of drug-likeness (QED) is 0.321. The molecule has 0 aliphatic rings. The molecule has 5 aromatic rings. The molecule has 3 nitrogen and oxygen atoms in total. The summed E-state index contributed by atoms with van der Waals surface area (Å²) in [6, 6.07) is 24.3. The van der Waals surface area contributed by atoms with Crippen molar-refractivity contribution in [3.05, 3.63) is 95.0 Å². The second-order valence-electron chi connectivity index (χ2n) is 7.28. The lowest BCUT2D eigenvalue weighted by Gasteiger charge is -2.06. The molecule has 2 aromatic heterocycles. The molecular formula is C26H20O3. The van der Waals surface area contributed by atoms with Crippen molar-refractivity contribution in [2.75, 3.05) is 0 Å². The van der Waals surface area contributed by atoms with Crippen LogP contribution in [0.4, 0.5) is 0 Å². The van der Waals surface area contributed by atoms with Crippen LogP contribution in [-0.4, -0.2) is 0 Å². The summed E-state index contributed by atoms with van der Waals surface area (Å²) in [4.78, 5) is 11.9. The van der Waals surface area contributed by atoms with E-state index in [9.17, 15) is 4.79 Å². The highest BCUT2D eigenvalue weighted by Gasteiger charge is 2.13. The summed E-state index contributed by atoms with van der Waals surface area (Å²) in [5, 5.41) is 2.00. The van der Waals surface area contributed by atoms with Gasteiger partial charge in [-0.05, 0) is 34.7 Å². The summed E-state index contributed by atoms with van der Waals surface area (Å²) in [6.07, 6.45) is 3.58. The number of hydrogen-bond acceptors (Lipinski definition) is 3. The van der Waals surface area contributed by atoms with Gasteiger partial charge in [0.25, 0.3) is 0 Å². The van der Waals surface area contributed by atoms with E-state index in [-0.39, 0.29) is 5.63 Å². The molecule has 0 unspecified atom stereocenters. The molecule has 0 saturated heterocycles. The van der Waals surface area contributed by atoms with Crippen molar-refractivity contribution in [2.24, 2.45) is 0 Å². The summed E-state index contributed by atoms with van der Waals surface area (Å²) in [6.45, 7) is 2.11. The zero-order valence-corrected chi connectivity index (χ0v) is 16.1. The summed E-state index contributed by atoms with van der Waals surface area (Å²) in [7, 11) is 0. The Morgan fingerprint density at radius 3 is 2.24 bits per heavy atom. The Hall–Kier alpha value is -3.59. The largest absolute Gasteiger partial charge is 0.464 e. The molecule has 0 aliphatic heterocycles. The third-order valence-electron chi connectivity index (χ3n) is 5.35. The highest BCUT2D eigenvalue weighted by atomic mass is 16.4. The van der Waals surface area contributed by atoms with Crippen LogP contribution in [0.15, 0.2) is 92.7 Å². The lowest BCUT2D eigenvalue weighted by Crippen LogP contribution is -2.00. The van der Waals surface area contributed by atoms with Crippen LogP contribution in [0.5, 0.6) is 0 Å². The second kappa shape index (κ2) is 7.10. The fourth-order valence-corrected chi connectivity index (χ4v) is 3.92. The van der Waals surface area contributed by atoms with E-state index in [0.717, 1.165) is 45.9 Å². The Labute approximate surface area is 168 Å². The molecule has 3 heteroatoms. The van der Waals surface area contributed by atoms with Gasteiger partial charge in [0.1, 0.15) is 11.2 Å². The lowest BCUT2D eigenvalue weighted by molar-refractivity contribution is 0.557. The first-order valence-electron chi connectivity index (χ1n) is 9.87. The SMILES string of the molecule is CCCc1cc(=O)oc2cc3occ(-c4ccc(-c5ccccc5)cc4)c3cc12. The number of rotatable bonds is 4. The average Bonchev–Trinajstić information content (AvgIpc) is 3.16. The average molecular weight is 380 g/mol. The Morgan fingerprint density at radius 2 is 1.48 bits per heavy atom. The zero-order chi connectivity index (χ0) is 19.8. The van der Waals surface area contributed by atoms with Crippen molar-refractivity contribution in [1.29, 1.82) is 0 Å². The van der Waals surface area contributed by atoms with Crippen LogP contribution >= 0.6 is 0 Å². The van der Waals surface area contributed by atoms with Crippen molar-refractivity contribution in [3.8, 4) is 22.3 Å². The minimum atomic E-state index is -0.316. The molecule has 2 heterocycles. The zero-order valence-electron chi connectivity index (χ0n) is 16.1. The van der Waals surface area contributed by atoms with E-state index in [1.165, 1.54) is 11.1 Å². The predicted octanol–water partition coefficient (Wildman–Crippen LogP) is 6.83. The van der Waals surface area contributed by atoms with Gasteiger partial charge in [0.15, 0.2) is 0 Å². The van der Waals surface area contributed by atoms with Gasteiger partial charge in [0.2, 0.25) is 0 Å². The standard InChI is InChI=1S/C26H20O3/c1-2-6-20-13-26(27)29-25-15-24-22(14-21(20)25)23(16-28-24)19-11-9-18(10-12-19)17-7-4-3-5-8-17/h3-5,7-16H,2,6H2,1H3. The molecule has 0 bridgehead atoms. The number of benzene rings is 3. The highest BCUT2D eigenvalue weighted by molar-refractivity contribution is 6.02. The third kappa shape index (κ3) is 3.15. The number of fused-ring (bicyclic) bond motifs is 2. The molecule has 0 radical (unpaired) electrons. The normalized spacial score (nSPS) is 11.3. The first-order chi connectivity index (χ1) is 14.2. The maximum absolute atomic E-state index is 11.9. The van der Waals surface area contributed by atoms with E-state index < -0.39 is 0 Å². The van der Waals surface area contributed by atoms with Crippen molar-refractivity contribution < 1.29 is 8.83 Å². The van der Waals surface area contributed by atoms with Crippen LogP contribution in [0.1, 0.15) is 18.9 Å². The first kappa shape index (κ1) is 17.5. The number of hydrogen-bond donors (Lipinski definition) is 0. The Morgan fingerprint density at radius 1 is 0.759 bits per heavy atom. The van der Waals surface area contributed by atoms with E-state index in [1.54, 1.807) is 12.3 Å². The van der Waals surface area contributed by atoms with Crippen LogP contribution in [0.25, 0.3) is 44.2 Å². The molecule has 142 valence electrons. The topological polar surface area (TPSA) is 43.4 Å². The molecule has 0 aliphatic carbocycles. The van der Waals surface area contributed by atoms with Crippen LogP contribution in [-0.2, 0) is 6.42 Å². The fraction of sp³-hybridized carbons (Fsp3) is 0.115. The van der Waals surface area contributed by atoms with E-state index >= 15 is 0 Å². The van der Waals surface area contributed by atoms with Crippen molar-refractivity contribution >= 4 is 21.9 Å². The summed E-state index contributed by atoms with van der Waals surface area (Å²) in [5.74, 6) is 0. The van der Waals surface area contributed by atoms with Crippen LogP contribution in [0.2, 0.25) is 0 Å². The molecular weight excluding hydrogens is 360 g/mol. The summed E-state index contributed by atoms with van der Waals surface area (Å²) in [5.41, 5.74) is 6.51. The van der Waals surface area contributed by atoms with Crippen molar-refractivity contribution in [1.82, 2.24) is 0 Å².